The highest BCUT2D eigenvalue weighted by Gasteiger charge is 2.35. The van der Waals surface area contributed by atoms with E-state index in [2.05, 4.69) is 42.9 Å². The Bertz CT molecular complexity index is 598. The summed E-state index contributed by atoms with van der Waals surface area (Å²) in [4.78, 5) is 22.6. The molecule has 0 aromatic carbocycles. The van der Waals surface area contributed by atoms with E-state index in [-0.39, 0.29) is 11.9 Å². The van der Waals surface area contributed by atoms with E-state index in [0.717, 1.165) is 30.1 Å². The Morgan fingerprint density at radius 3 is 2.83 bits per heavy atom. The summed E-state index contributed by atoms with van der Waals surface area (Å²) in [6, 6.07) is 0.0775. The van der Waals surface area contributed by atoms with Crippen LogP contribution in [0.1, 0.15) is 65.0 Å². The number of rotatable bonds is 5. The van der Waals surface area contributed by atoms with Gasteiger partial charge in [0.25, 0.3) is 0 Å². The number of hydrogen-bond donors (Lipinski definition) is 1. The van der Waals surface area contributed by atoms with Gasteiger partial charge in [-0.3, -0.25) is 4.79 Å². The quantitative estimate of drug-likeness (QED) is 0.821. The second-order valence-electron chi connectivity index (χ2n) is 6.93. The van der Waals surface area contributed by atoms with Crippen molar-refractivity contribution in [1.82, 2.24) is 14.9 Å². The van der Waals surface area contributed by atoms with Crippen molar-refractivity contribution in [3.05, 3.63) is 35.9 Å². The summed E-state index contributed by atoms with van der Waals surface area (Å²) >= 11 is 0. The Hall–Kier alpha value is -1.84. The molecule has 1 aliphatic rings. The van der Waals surface area contributed by atoms with Crippen molar-refractivity contribution in [3.8, 4) is 0 Å². The molecule has 1 amide bonds. The van der Waals surface area contributed by atoms with Gasteiger partial charge in [-0.1, -0.05) is 39.0 Å². The fraction of sp³-hybridized carbons (Fsp3) is 0.579. The van der Waals surface area contributed by atoms with Crippen molar-refractivity contribution in [3.63, 3.8) is 0 Å². The van der Waals surface area contributed by atoms with E-state index in [4.69, 9.17) is 0 Å². The molecule has 1 aromatic heterocycles. The summed E-state index contributed by atoms with van der Waals surface area (Å²) < 4.78 is 0. The molecule has 2 unspecified atom stereocenters. The molecule has 0 spiro atoms. The van der Waals surface area contributed by atoms with E-state index in [1.807, 2.05) is 31.0 Å². The van der Waals surface area contributed by atoms with Gasteiger partial charge in [-0.25, -0.2) is 4.98 Å². The van der Waals surface area contributed by atoms with Gasteiger partial charge in [0.2, 0.25) is 5.91 Å². The monoisotopic (exact) mass is 315 g/mol. The minimum Gasteiger partial charge on any atom is -0.340 e. The first-order valence-corrected chi connectivity index (χ1v) is 8.60. The second-order valence-corrected chi connectivity index (χ2v) is 6.93. The van der Waals surface area contributed by atoms with Gasteiger partial charge in [-0.2, -0.15) is 0 Å². The summed E-state index contributed by atoms with van der Waals surface area (Å²) in [6.45, 7) is 11.2. The molecule has 4 nitrogen and oxygen atoms in total. The molecule has 1 aromatic rings. The summed E-state index contributed by atoms with van der Waals surface area (Å²) in [6.07, 6.45) is 9.61. The maximum absolute atomic E-state index is 12.5. The van der Waals surface area contributed by atoms with Crippen LogP contribution in [-0.4, -0.2) is 27.3 Å². The molecular formula is C19H29N3O. The van der Waals surface area contributed by atoms with E-state index in [9.17, 15) is 4.79 Å². The van der Waals surface area contributed by atoms with E-state index >= 15 is 0 Å². The molecular weight excluding hydrogens is 286 g/mol. The number of carbonyl (C=O) groups is 1. The molecule has 23 heavy (non-hydrogen) atoms. The predicted molar refractivity (Wildman–Crippen MR) is 94.7 cm³/mol. The number of nitrogens with zero attached hydrogens (tertiary/aromatic N) is 2. The zero-order chi connectivity index (χ0) is 17.0. The standard InChI is InChI=1S/C19H29N3O/c1-6-8-15(7-2)16-11-20-19(21-16)17-10-14(5)12-22(17)18(23)9-13(3)4/h6-8,11,13-14,17H,9-10,12H2,1-5H3,(H,20,21)/b8-6-,15-7+. The number of aromatic amines is 1. The molecule has 0 saturated carbocycles. The van der Waals surface area contributed by atoms with Gasteiger partial charge >= 0.3 is 0 Å². The van der Waals surface area contributed by atoms with Crippen molar-refractivity contribution < 1.29 is 4.79 Å². The molecule has 1 fully saturated rings. The van der Waals surface area contributed by atoms with Crippen LogP contribution >= 0.6 is 0 Å². The van der Waals surface area contributed by atoms with Crippen LogP contribution in [0.15, 0.2) is 24.4 Å². The summed E-state index contributed by atoms with van der Waals surface area (Å²) in [7, 11) is 0. The lowest BCUT2D eigenvalue weighted by Gasteiger charge is -2.24. The summed E-state index contributed by atoms with van der Waals surface area (Å²) in [5.41, 5.74) is 2.13. The molecule has 4 heteroatoms. The number of carbonyl (C=O) groups excluding carboxylic acids is 1. The van der Waals surface area contributed by atoms with E-state index in [1.54, 1.807) is 0 Å². The average molecular weight is 315 g/mol. The van der Waals surface area contributed by atoms with Crippen LogP contribution in [-0.2, 0) is 4.79 Å². The molecule has 2 heterocycles. The maximum atomic E-state index is 12.5. The van der Waals surface area contributed by atoms with E-state index < -0.39 is 0 Å². The van der Waals surface area contributed by atoms with Crippen LogP contribution in [0.3, 0.4) is 0 Å². The first kappa shape index (κ1) is 17.5. The first-order valence-electron chi connectivity index (χ1n) is 8.60. The highest BCUT2D eigenvalue weighted by molar-refractivity contribution is 5.77. The molecule has 0 aliphatic carbocycles. The van der Waals surface area contributed by atoms with Gasteiger partial charge in [0.1, 0.15) is 5.82 Å². The van der Waals surface area contributed by atoms with Crippen LogP contribution in [0.4, 0.5) is 0 Å². The smallest absolute Gasteiger partial charge is 0.223 e. The zero-order valence-corrected chi connectivity index (χ0v) is 15.0. The lowest BCUT2D eigenvalue weighted by atomic mass is 10.1. The molecule has 0 radical (unpaired) electrons. The lowest BCUT2D eigenvalue weighted by molar-refractivity contribution is -0.133. The van der Waals surface area contributed by atoms with Gasteiger partial charge in [-0.15, -0.1) is 0 Å². The number of imidazole rings is 1. The van der Waals surface area contributed by atoms with Gasteiger partial charge < -0.3 is 9.88 Å². The van der Waals surface area contributed by atoms with E-state index in [1.165, 1.54) is 0 Å². The van der Waals surface area contributed by atoms with Crippen molar-refractivity contribution >= 4 is 11.5 Å². The Morgan fingerprint density at radius 1 is 1.48 bits per heavy atom. The van der Waals surface area contributed by atoms with E-state index in [0.29, 0.717) is 18.3 Å². The maximum Gasteiger partial charge on any atom is 0.223 e. The first-order chi connectivity index (χ1) is 11.0. The predicted octanol–water partition coefficient (Wildman–Crippen LogP) is 4.34. The number of hydrogen-bond acceptors (Lipinski definition) is 2. The third-order valence-electron chi connectivity index (χ3n) is 4.29. The molecule has 0 bridgehead atoms. The molecule has 2 atom stereocenters. The number of H-pyrrole nitrogens is 1. The molecule has 126 valence electrons. The molecule has 1 saturated heterocycles. The third kappa shape index (κ3) is 4.12. The van der Waals surface area contributed by atoms with Crippen LogP contribution in [0, 0.1) is 11.8 Å². The Balaban J connectivity index is 2.22. The van der Waals surface area contributed by atoms with Gasteiger partial charge in [0.15, 0.2) is 0 Å². The summed E-state index contributed by atoms with van der Waals surface area (Å²) in [5, 5.41) is 0. The van der Waals surface area contributed by atoms with Crippen LogP contribution in [0.25, 0.3) is 5.57 Å². The number of nitrogens with one attached hydrogen (secondary N) is 1. The summed E-state index contributed by atoms with van der Waals surface area (Å²) in [5.74, 6) is 2.05. The van der Waals surface area contributed by atoms with Crippen molar-refractivity contribution in [2.75, 3.05) is 6.54 Å². The van der Waals surface area contributed by atoms with Crippen molar-refractivity contribution in [2.45, 2.75) is 53.5 Å². The fourth-order valence-electron chi connectivity index (χ4n) is 3.22. The average Bonchev–Trinajstić information content (AvgIpc) is 3.10. The van der Waals surface area contributed by atoms with Crippen molar-refractivity contribution in [2.24, 2.45) is 11.8 Å². The van der Waals surface area contributed by atoms with Gasteiger partial charge in [0, 0.05) is 13.0 Å². The fourth-order valence-corrected chi connectivity index (χ4v) is 3.22. The number of allylic oxidation sites excluding steroid dienone is 4. The highest BCUT2D eigenvalue weighted by Crippen LogP contribution is 2.35. The number of amides is 1. The molecule has 1 aliphatic heterocycles. The lowest BCUT2D eigenvalue weighted by Crippen LogP contribution is -2.32. The second kappa shape index (κ2) is 7.62. The zero-order valence-electron chi connectivity index (χ0n) is 15.0. The molecule has 2 rings (SSSR count). The van der Waals surface area contributed by atoms with Crippen LogP contribution in [0.5, 0.6) is 0 Å². The minimum absolute atomic E-state index is 0.0775. The Kier molecular flexibility index (Phi) is 5.80. The van der Waals surface area contributed by atoms with Crippen LogP contribution < -0.4 is 0 Å². The Labute approximate surface area is 139 Å². The minimum atomic E-state index is 0.0775. The topological polar surface area (TPSA) is 49.0 Å². The van der Waals surface area contributed by atoms with Gasteiger partial charge in [-0.05, 0) is 37.7 Å². The highest BCUT2D eigenvalue weighted by atomic mass is 16.2. The largest absolute Gasteiger partial charge is 0.340 e. The van der Waals surface area contributed by atoms with Crippen molar-refractivity contribution in [1.29, 1.82) is 0 Å². The number of likely N-dealkylation sites (tertiary alicyclic amines) is 1. The van der Waals surface area contributed by atoms with Gasteiger partial charge in [0.05, 0.1) is 17.9 Å². The SMILES string of the molecule is C/C=C\C(=C/C)c1cnc(C2CC(C)CN2C(=O)CC(C)C)[nH]1. The van der Waals surface area contributed by atoms with Crippen LogP contribution in [0.2, 0.25) is 0 Å². The molecule has 1 N–H and O–H groups in total. The Morgan fingerprint density at radius 2 is 2.22 bits per heavy atom. The normalized spacial score (nSPS) is 22.5. The third-order valence-corrected chi connectivity index (χ3v) is 4.29. The number of aromatic nitrogens is 2.